The van der Waals surface area contributed by atoms with Gasteiger partial charge >= 0.3 is 0 Å². The van der Waals surface area contributed by atoms with Crippen LogP contribution in [0.5, 0.6) is 0 Å². The van der Waals surface area contributed by atoms with Crippen molar-refractivity contribution < 1.29 is 0 Å². The first-order valence-corrected chi connectivity index (χ1v) is 6.44. The summed E-state index contributed by atoms with van der Waals surface area (Å²) in [5, 5.41) is 1.48. The second kappa shape index (κ2) is 2.88. The molecule has 2 heteroatoms. The molecule has 1 aromatic carbocycles. The molecule has 1 rings (SSSR count). The van der Waals surface area contributed by atoms with E-state index in [2.05, 4.69) is 25.2 Å². The van der Waals surface area contributed by atoms with Crippen molar-refractivity contribution >= 4 is 19.7 Å². The molecule has 1 aromatic rings. The Balaban J connectivity index is 2.89. The summed E-state index contributed by atoms with van der Waals surface area (Å²) in [6.07, 6.45) is 0. The smallest absolute Gasteiger partial charge is 0.0647 e. The van der Waals surface area contributed by atoms with Crippen molar-refractivity contribution in [2.75, 3.05) is 5.73 Å². The summed E-state index contributed by atoms with van der Waals surface area (Å²) in [5.74, 6) is 0. The van der Waals surface area contributed by atoms with Crippen LogP contribution < -0.4 is 10.9 Å². The normalized spacial score (nSPS) is 10.3. The topological polar surface area (TPSA) is 26.0 Å². The van der Waals surface area contributed by atoms with Gasteiger partial charge in [-0.05, 0) is 12.1 Å². The summed E-state index contributed by atoms with van der Waals surface area (Å²) in [6.45, 7) is 4.62. The van der Waals surface area contributed by atoms with Gasteiger partial charge in [0.15, 0.2) is 0 Å². The first-order valence-electron chi connectivity index (χ1n) is 3.55. The number of rotatable bonds is 1. The van der Waals surface area contributed by atoms with Crippen LogP contribution in [0.2, 0.25) is 13.1 Å². The van der Waals surface area contributed by atoms with Gasteiger partial charge < -0.3 is 5.73 Å². The molecule has 2 N–H and O–H groups in total. The van der Waals surface area contributed by atoms with E-state index in [-0.39, 0.29) is 0 Å². The minimum atomic E-state index is -0.605. The molecular weight excluding hydrogens is 138 g/mol. The summed E-state index contributed by atoms with van der Waals surface area (Å²) >= 11 is 0. The third-order valence-corrected chi connectivity index (χ3v) is 3.32. The summed E-state index contributed by atoms with van der Waals surface area (Å²) in [7, 11) is -0.605. The van der Waals surface area contributed by atoms with E-state index in [1.807, 2.05) is 12.1 Å². The highest BCUT2D eigenvalue weighted by molar-refractivity contribution is 6.70. The highest BCUT2D eigenvalue weighted by atomic mass is 28.3. The lowest BCUT2D eigenvalue weighted by Gasteiger charge is -2.02. The minimum Gasteiger partial charge on any atom is -0.399 e. The zero-order valence-electron chi connectivity index (χ0n) is 6.46. The fourth-order valence-electron chi connectivity index (χ4n) is 0.881. The van der Waals surface area contributed by atoms with E-state index >= 15 is 0 Å². The number of nitrogen functional groups attached to an aromatic ring is 1. The molecule has 0 spiro atoms. The molecule has 0 unspecified atom stereocenters. The van der Waals surface area contributed by atoms with E-state index in [0.29, 0.717) is 0 Å². The first-order chi connectivity index (χ1) is 4.70. The Morgan fingerprint density at radius 2 is 1.60 bits per heavy atom. The van der Waals surface area contributed by atoms with Crippen LogP contribution in [0.4, 0.5) is 5.69 Å². The predicted molar refractivity (Wildman–Crippen MR) is 49.4 cm³/mol. The molecule has 0 aliphatic rings. The maximum Gasteiger partial charge on any atom is 0.0647 e. The van der Waals surface area contributed by atoms with E-state index in [0.717, 1.165) is 5.69 Å². The molecular formula is C8H13NSi. The van der Waals surface area contributed by atoms with Crippen molar-refractivity contribution in [1.82, 2.24) is 0 Å². The van der Waals surface area contributed by atoms with Crippen molar-refractivity contribution in [2.24, 2.45) is 0 Å². The molecule has 0 amide bonds. The highest BCUT2D eigenvalue weighted by Gasteiger charge is 1.97. The van der Waals surface area contributed by atoms with Crippen molar-refractivity contribution in [3.63, 3.8) is 0 Å². The average Bonchev–Trinajstić information content (AvgIpc) is 1.88. The number of hydrogen-bond donors (Lipinski definition) is 1. The first kappa shape index (κ1) is 7.35. The van der Waals surface area contributed by atoms with Gasteiger partial charge in [0, 0.05) is 5.69 Å². The van der Waals surface area contributed by atoms with Gasteiger partial charge in [-0.2, -0.15) is 0 Å². The van der Waals surface area contributed by atoms with Crippen LogP contribution in [0.3, 0.4) is 0 Å². The lowest BCUT2D eigenvalue weighted by atomic mass is 10.3. The number of benzene rings is 1. The van der Waals surface area contributed by atoms with Crippen molar-refractivity contribution in [3.8, 4) is 0 Å². The molecule has 0 bridgehead atoms. The van der Waals surface area contributed by atoms with Crippen LogP contribution in [-0.2, 0) is 0 Å². The molecule has 0 aliphatic heterocycles. The van der Waals surface area contributed by atoms with Crippen molar-refractivity contribution in [3.05, 3.63) is 24.3 Å². The number of anilines is 1. The van der Waals surface area contributed by atoms with Crippen LogP contribution >= 0.6 is 0 Å². The van der Waals surface area contributed by atoms with Crippen LogP contribution in [-0.4, -0.2) is 8.80 Å². The fraction of sp³-hybridized carbons (Fsp3) is 0.250. The van der Waals surface area contributed by atoms with Gasteiger partial charge in [-0.3, -0.25) is 0 Å². The van der Waals surface area contributed by atoms with Gasteiger partial charge in [0.05, 0.1) is 8.80 Å². The molecule has 0 saturated heterocycles. The van der Waals surface area contributed by atoms with E-state index < -0.39 is 8.80 Å². The van der Waals surface area contributed by atoms with Gasteiger partial charge in [-0.1, -0.05) is 30.4 Å². The van der Waals surface area contributed by atoms with Crippen molar-refractivity contribution in [1.29, 1.82) is 0 Å². The Labute approximate surface area is 63.5 Å². The molecule has 0 heterocycles. The summed E-state index contributed by atoms with van der Waals surface area (Å²) in [4.78, 5) is 0. The largest absolute Gasteiger partial charge is 0.399 e. The molecule has 0 aromatic heterocycles. The number of hydrogen-bond acceptors (Lipinski definition) is 1. The maximum absolute atomic E-state index is 5.54. The fourth-order valence-corrected chi connectivity index (χ4v) is 1.84. The van der Waals surface area contributed by atoms with Gasteiger partial charge in [-0.25, -0.2) is 0 Å². The molecule has 0 saturated carbocycles. The minimum absolute atomic E-state index is 0.605. The maximum atomic E-state index is 5.54. The van der Waals surface area contributed by atoms with Crippen LogP contribution in [0, 0.1) is 0 Å². The Morgan fingerprint density at radius 1 is 1.10 bits per heavy atom. The molecule has 0 radical (unpaired) electrons. The summed E-state index contributed by atoms with van der Waals surface area (Å²) in [6, 6.07) is 8.21. The molecule has 10 heavy (non-hydrogen) atoms. The Morgan fingerprint density at radius 3 is 2.00 bits per heavy atom. The zero-order chi connectivity index (χ0) is 7.56. The second-order valence-corrected chi connectivity index (χ2v) is 5.80. The predicted octanol–water partition coefficient (Wildman–Crippen LogP) is 0.963. The quantitative estimate of drug-likeness (QED) is 0.469. The van der Waals surface area contributed by atoms with E-state index in [9.17, 15) is 0 Å². The Bertz CT molecular complexity index is 203. The highest BCUT2D eigenvalue weighted by Crippen LogP contribution is 1.97. The van der Waals surface area contributed by atoms with Crippen LogP contribution in [0.15, 0.2) is 24.3 Å². The molecule has 0 atom stereocenters. The van der Waals surface area contributed by atoms with Gasteiger partial charge in [0.1, 0.15) is 0 Å². The van der Waals surface area contributed by atoms with Crippen LogP contribution in [0.1, 0.15) is 0 Å². The Hall–Kier alpha value is -0.763. The third-order valence-electron chi connectivity index (χ3n) is 1.60. The molecule has 0 fully saturated rings. The van der Waals surface area contributed by atoms with Gasteiger partial charge in [0.25, 0.3) is 0 Å². The van der Waals surface area contributed by atoms with Crippen LogP contribution in [0.25, 0.3) is 0 Å². The molecule has 1 nitrogen and oxygen atoms in total. The number of nitrogens with two attached hydrogens (primary N) is 1. The van der Waals surface area contributed by atoms with E-state index in [1.54, 1.807) is 0 Å². The Kier molecular flexibility index (Phi) is 2.12. The third kappa shape index (κ3) is 1.61. The summed E-state index contributed by atoms with van der Waals surface area (Å²) in [5.41, 5.74) is 6.40. The van der Waals surface area contributed by atoms with E-state index in [4.69, 9.17) is 5.73 Å². The SMILES string of the molecule is C[SiH](C)c1ccc(N)cc1. The van der Waals surface area contributed by atoms with Gasteiger partial charge in [0.2, 0.25) is 0 Å². The van der Waals surface area contributed by atoms with E-state index in [1.165, 1.54) is 5.19 Å². The monoisotopic (exact) mass is 151 g/mol. The van der Waals surface area contributed by atoms with Crippen molar-refractivity contribution in [2.45, 2.75) is 13.1 Å². The standard InChI is InChI=1S/C8H13NSi/c1-10(2)8-5-3-7(9)4-6-8/h3-6,10H,9H2,1-2H3. The lowest BCUT2D eigenvalue weighted by Crippen LogP contribution is -2.21. The molecule has 54 valence electrons. The summed E-state index contributed by atoms with van der Waals surface area (Å²) < 4.78 is 0. The average molecular weight is 151 g/mol. The second-order valence-electron chi connectivity index (χ2n) is 2.82. The molecule has 0 aliphatic carbocycles. The van der Waals surface area contributed by atoms with Gasteiger partial charge in [-0.15, -0.1) is 0 Å². The zero-order valence-corrected chi connectivity index (χ0v) is 7.62. The lowest BCUT2D eigenvalue weighted by molar-refractivity contribution is 1.71.